The van der Waals surface area contributed by atoms with Crippen molar-refractivity contribution in [3.8, 4) is 11.5 Å². The van der Waals surface area contributed by atoms with Crippen LogP contribution in [0.5, 0.6) is 11.5 Å². The van der Waals surface area contributed by atoms with Gasteiger partial charge in [0.1, 0.15) is 0 Å². The number of rotatable bonds is 5. The second-order valence-electron chi connectivity index (χ2n) is 6.28. The topological polar surface area (TPSA) is 47.6 Å². The first-order valence-corrected chi connectivity index (χ1v) is 9.57. The highest BCUT2D eigenvalue weighted by atomic mass is 127. The number of aryl methyl sites for hydroxylation is 1. The first-order chi connectivity index (χ1) is 12.1. The summed E-state index contributed by atoms with van der Waals surface area (Å²) in [4.78, 5) is 12.6. The molecule has 1 aliphatic rings. The fourth-order valence-corrected chi connectivity index (χ4v) is 3.66. The molecule has 0 spiro atoms. The number of hydrogen-bond acceptors (Lipinski definition) is 3. The SMILES string of the molecule is COc1ccc(NC(=O)c2cccc(C)c2I)cc1OC1CCCC1. The Kier molecular flexibility index (Phi) is 5.83. The number of carbonyl (C=O) groups is 1. The molecule has 0 unspecified atom stereocenters. The summed E-state index contributed by atoms with van der Waals surface area (Å²) in [5.41, 5.74) is 2.47. The summed E-state index contributed by atoms with van der Waals surface area (Å²) in [5.74, 6) is 1.26. The fraction of sp³-hybridized carbons (Fsp3) is 0.350. The van der Waals surface area contributed by atoms with Crippen LogP contribution in [0.3, 0.4) is 0 Å². The molecule has 0 bridgehead atoms. The molecular weight excluding hydrogens is 429 g/mol. The van der Waals surface area contributed by atoms with Crippen LogP contribution in [0.1, 0.15) is 41.6 Å². The van der Waals surface area contributed by atoms with Gasteiger partial charge in [-0.25, -0.2) is 0 Å². The zero-order chi connectivity index (χ0) is 17.8. The number of halogens is 1. The van der Waals surface area contributed by atoms with Crippen molar-refractivity contribution in [3.05, 3.63) is 51.1 Å². The van der Waals surface area contributed by atoms with Crippen LogP contribution < -0.4 is 14.8 Å². The molecule has 1 fully saturated rings. The van der Waals surface area contributed by atoms with Gasteiger partial charge in [0.05, 0.1) is 18.8 Å². The van der Waals surface area contributed by atoms with E-state index in [-0.39, 0.29) is 12.0 Å². The molecule has 1 amide bonds. The predicted molar refractivity (Wildman–Crippen MR) is 108 cm³/mol. The number of anilines is 1. The summed E-state index contributed by atoms with van der Waals surface area (Å²) in [6.07, 6.45) is 4.78. The predicted octanol–water partition coefficient (Wildman–Crippen LogP) is 5.18. The van der Waals surface area contributed by atoms with E-state index < -0.39 is 0 Å². The maximum atomic E-state index is 12.6. The van der Waals surface area contributed by atoms with Crippen LogP contribution in [-0.2, 0) is 0 Å². The van der Waals surface area contributed by atoms with E-state index in [0.29, 0.717) is 22.7 Å². The van der Waals surface area contributed by atoms with E-state index in [1.807, 2.05) is 43.3 Å². The molecule has 0 atom stereocenters. The number of carbonyl (C=O) groups excluding carboxylic acids is 1. The minimum absolute atomic E-state index is 0.120. The van der Waals surface area contributed by atoms with Gasteiger partial charge < -0.3 is 14.8 Å². The number of amides is 1. The molecule has 3 rings (SSSR count). The zero-order valence-electron chi connectivity index (χ0n) is 14.5. The Morgan fingerprint density at radius 1 is 1.16 bits per heavy atom. The van der Waals surface area contributed by atoms with Crippen molar-refractivity contribution in [1.82, 2.24) is 0 Å². The van der Waals surface area contributed by atoms with Crippen LogP contribution in [0.4, 0.5) is 5.69 Å². The van der Waals surface area contributed by atoms with Crippen LogP contribution in [0, 0.1) is 10.5 Å². The molecule has 0 heterocycles. The summed E-state index contributed by atoms with van der Waals surface area (Å²) in [5, 5.41) is 2.96. The van der Waals surface area contributed by atoms with Gasteiger partial charge in [-0.2, -0.15) is 0 Å². The Morgan fingerprint density at radius 3 is 2.64 bits per heavy atom. The van der Waals surface area contributed by atoms with Crippen LogP contribution in [0.15, 0.2) is 36.4 Å². The molecule has 2 aromatic carbocycles. The van der Waals surface area contributed by atoms with E-state index in [4.69, 9.17) is 9.47 Å². The third-order valence-corrected chi connectivity index (χ3v) is 5.89. The van der Waals surface area contributed by atoms with Crippen LogP contribution in [0.25, 0.3) is 0 Å². The van der Waals surface area contributed by atoms with Gasteiger partial charge in [-0.05, 0) is 79.0 Å². The Hall–Kier alpha value is -1.76. The number of nitrogens with one attached hydrogen (secondary N) is 1. The van der Waals surface area contributed by atoms with Gasteiger partial charge in [0.2, 0.25) is 0 Å². The quantitative estimate of drug-likeness (QED) is 0.638. The molecule has 0 aromatic heterocycles. The van der Waals surface area contributed by atoms with Gasteiger partial charge in [0.15, 0.2) is 11.5 Å². The highest BCUT2D eigenvalue weighted by Crippen LogP contribution is 2.34. The third kappa shape index (κ3) is 4.26. The molecule has 1 aliphatic carbocycles. The monoisotopic (exact) mass is 451 g/mol. The molecule has 132 valence electrons. The van der Waals surface area contributed by atoms with Crippen molar-refractivity contribution in [2.24, 2.45) is 0 Å². The highest BCUT2D eigenvalue weighted by molar-refractivity contribution is 14.1. The average Bonchev–Trinajstić information content (AvgIpc) is 3.10. The average molecular weight is 451 g/mol. The van der Waals surface area contributed by atoms with Crippen LogP contribution in [-0.4, -0.2) is 19.1 Å². The molecule has 0 saturated heterocycles. The molecule has 1 N–H and O–H groups in total. The van der Waals surface area contributed by atoms with E-state index in [9.17, 15) is 4.79 Å². The van der Waals surface area contributed by atoms with E-state index in [2.05, 4.69) is 27.9 Å². The second-order valence-corrected chi connectivity index (χ2v) is 7.36. The number of hydrogen-bond donors (Lipinski definition) is 1. The molecule has 25 heavy (non-hydrogen) atoms. The maximum absolute atomic E-state index is 12.6. The van der Waals surface area contributed by atoms with Crippen molar-refractivity contribution in [3.63, 3.8) is 0 Å². The maximum Gasteiger partial charge on any atom is 0.256 e. The van der Waals surface area contributed by atoms with Gasteiger partial charge in [0.25, 0.3) is 5.91 Å². The summed E-state index contributed by atoms with van der Waals surface area (Å²) < 4.78 is 12.5. The lowest BCUT2D eigenvalue weighted by Gasteiger charge is -2.17. The molecule has 5 heteroatoms. The lowest BCUT2D eigenvalue weighted by molar-refractivity contribution is 0.102. The van der Waals surface area contributed by atoms with Crippen molar-refractivity contribution in [2.45, 2.75) is 38.7 Å². The Balaban J connectivity index is 1.79. The Morgan fingerprint density at radius 2 is 1.92 bits per heavy atom. The third-order valence-electron chi connectivity index (χ3n) is 4.45. The minimum Gasteiger partial charge on any atom is -0.493 e. The first kappa shape index (κ1) is 18.0. The smallest absolute Gasteiger partial charge is 0.256 e. The minimum atomic E-state index is -0.120. The van der Waals surface area contributed by atoms with Gasteiger partial charge in [0, 0.05) is 15.3 Å². The van der Waals surface area contributed by atoms with Crippen molar-refractivity contribution < 1.29 is 14.3 Å². The van der Waals surface area contributed by atoms with Crippen molar-refractivity contribution >= 4 is 34.2 Å². The fourth-order valence-electron chi connectivity index (χ4n) is 3.05. The highest BCUT2D eigenvalue weighted by Gasteiger charge is 2.19. The molecular formula is C20H22INO3. The van der Waals surface area contributed by atoms with Gasteiger partial charge in [-0.15, -0.1) is 0 Å². The summed E-state index contributed by atoms with van der Waals surface area (Å²) in [6.45, 7) is 2.00. The molecule has 0 radical (unpaired) electrons. The van der Waals surface area contributed by atoms with Crippen LogP contribution >= 0.6 is 22.6 Å². The van der Waals surface area contributed by atoms with Crippen LogP contribution in [0.2, 0.25) is 0 Å². The lowest BCUT2D eigenvalue weighted by atomic mass is 10.1. The normalized spacial score (nSPS) is 14.4. The van der Waals surface area contributed by atoms with E-state index in [1.165, 1.54) is 12.8 Å². The number of methoxy groups -OCH3 is 1. The molecule has 0 aliphatic heterocycles. The molecule has 2 aromatic rings. The van der Waals surface area contributed by atoms with E-state index in [1.54, 1.807) is 7.11 Å². The lowest BCUT2D eigenvalue weighted by Crippen LogP contribution is -2.15. The number of benzene rings is 2. The van der Waals surface area contributed by atoms with Gasteiger partial charge >= 0.3 is 0 Å². The largest absolute Gasteiger partial charge is 0.493 e. The van der Waals surface area contributed by atoms with Gasteiger partial charge in [-0.1, -0.05) is 12.1 Å². The Bertz CT molecular complexity index is 770. The standard InChI is InChI=1S/C20H22INO3/c1-13-6-5-9-16(19(13)21)20(23)22-14-10-11-17(24-2)18(12-14)25-15-7-3-4-8-15/h5-6,9-12,15H,3-4,7-8H2,1-2H3,(H,22,23). The summed E-state index contributed by atoms with van der Waals surface area (Å²) in [6, 6.07) is 11.2. The summed E-state index contributed by atoms with van der Waals surface area (Å²) >= 11 is 2.21. The van der Waals surface area contributed by atoms with E-state index >= 15 is 0 Å². The summed E-state index contributed by atoms with van der Waals surface area (Å²) in [7, 11) is 1.63. The Labute approximate surface area is 162 Å². The number of ether oxygens (including phenoxy) is 2. The first-order valence-electron chi connectivity index (χ1n) is 8.49. The zero-order valence-corrected chi connectivity index (χ0v) is 16.6. The van der Waals surface area contributed by atoms with Crippen molar-refractivity contribution in [1.29, 1.82) is 0 Å². The molecule has 1 saturated carbocycles. The van der Waals surface area contributed by atoms with Crippen molar-refractivity contribution in [2.75, 3.05) is 12.4 Å². The molecule has 4 nitrogen and oxygen atoms in total. The van der Waals surface area contributed by atoms with Gasteiger partial charge in [-0.3, -0.25) is 4.79 Å². The second kappa shape index (κ2) is 8.08. The van der Waals surface area contributed by atoms with E-state index in [0.717, 1.165) is 22.0 Å².